The Bertz CT molecular complexity index is 1200. The maximum Gasteiger partial charge on any atom is 0.286 e. The number of benzene rings is 2. The summed E-state index contributed by atoms with van der Waals surface area (Å²) in [5.74, 6) is -0.479. The predicted molar refractivity (Wildman–Crippen MR) is 122 cm³/mol. The number of aromatic nitrogens is 2. The molecule has 0 spiro atoms. The largest absolute Gasteiger partial charge is 0.320 e. The number of hydrogen-bond acceptors (Lipinski definition) is 6. The molecule has 4 rings (SSSR count). The van der Waals surface area contributed by atoms with Crippen molar-refractivity contribution >= 4 is 56.2 Å². The third-order valence-corrected chi connectivity index (χ3v) is 8.61. The van der Waals surface area contributed by atoms with E-state index in [0.717, 1.165) is 6.42 Å². The van der Waals surface area contributed by atoms with Gasteiger partial charge in [-0.25, -0.2) is 8.42 Å². The maximum absolute atomic E-state index is 13.1. The number of nitrogens with one attached hydrogen (secondary N) is 1. The van der Waals surface area contributed by atoms with E-state index >= 15 is 0 Å². The highest BCUT2D eigenvalue weighted by molar-refractivity contribution is 7.89. The minimum absolute atomic E-state index is 0.0998. The van der Waals surface area contributed by atoms with Crippen molar-refractivity contribution < 1.29 is 13.2 Å². The second-order valence-corrected chi connectivity index (χ2v) is 10.8. The van der Waals surface area contributed by atoms with Crippen LogP contribution in [-0.2, 0) is 10.0 Å². The van der Waals surface area contributed by atoms with Crippen molar-refractivity contribution in [1.82, 2.24) is 14.5 Å². The van der Waals surface area contributed by atoms with Crippen LogP contribution in [0.2, 0.25) is 10.0 Å². The zero-order chi connectivity index (χ0) is 22.0. The van der Waals surface area contributed by atoms with Gasteiger partial charge in [0.15, 0.2) is 0 Å². The van der Waals surface area contributed by atoms with Crippen LogP contribution in [0, 0.1) is 0 Å². The molecule has 0 radical (unpaired) electrons. The number of halogens is 2. The van der Waals surface area contributed by atoms with E-state index in [0.29, 0.717) is 28.7 Å². The van der Waals surface area contributed by atoms with Gasteiger partial charge in [0.1, 0.15) is 5.01 Å². The first-order valence-electron chi connectivity index (χ1n) is 9.49. The minimum atomic E-state index is -3.73. The Morgan fingerprint density at radius 2 is 1.87 bits per heavy atom. The number of sulfonamides is 1. The fourth-order valence-corrected chi connectivity index (χ4v) is 6.12. The van der Waals surface area contributed by atoms with Gasteiger partial charge < -0.3 is 5.32 Å². The highest BCUT2D eigenvalue weighted by Crippen LogP contribution is 2.33. The van der Waals surface area contributed by atoms with E-state index in [1.54, 1.807) is 12.1 Å². The monoisotopic (exact) mass is 496 g/mol. The molecule has 1 atom stereocenters. The molecule has 2 aromatic carbocycles. The lowest BCUT2D eigenvalue weighted by Gasteiger charge is -2.30. The van der Waals surface area contributed by atoms with Crippen molar-refractivity contribution in [2.75, 3.05) is 18.4 Å². The quantitative estimate of drug-likeness (QED) is 0.554. The summed E-state index contributed by atoms with van der Waals surface area (Å²) in [6, 6.07) is 13.4. The zero-order valence-corrected chi connectivity index (χ0v) is 19.3. The topological polar surface area (TPSA) is 92.3 Å². The Hall–Kier alpha value is -2.04. The van der Waals surface area contributed by atoms with E-state index < -0.39 is 10.0 Å². The van der Waals surface area contributed by atoms with Crippen LogP contribution >= 0.6 is 34.5 Å². The third kappa shape index (κ3) is 4.91. The fraction of sp³-hybridized carbons (Fsp3) is 0.250. The van der Waals surface area contributed by atoms with Crippen LogP contribution in [0.1, 0.15) is 33.6 Å². The standard InChI is InChI=1S/C20H18Cl2N4O3S2/c21-16-9-8-15(11-17(16)22)31(28,29)26-10-4-5-13(12-26)19-24-25-20(30-19)18(27)23-14-6-2-1-3-7-14/h1-3,6-9,11,13H,4-5,10,12H2,(H,23,27)/t13-/m1/s1. The van der Waals surface area contributed by atoms with Crippen molar-refractivity contribution in [3.63, 3.8) is 0 Å². The summed E-state index contributed by atoms with van der Waals surface area (Å²) >= 11 is 13.1. The smallest absolute Gasteiger partial charge is 0.286 e. The third-order valence-electron chi connectivity index (χ3n) is 4.93. The van der Waals surface area contributed by atoms with E-state index in [1.807, 2.05) is 18.2 Å². The van der Waals surface area contributed by atoms with Gasteiger partial charge in [0.25, 0.3) is 5.91 Å². The molecule has 1 N–H and O–H groups in total. The Kier molecular flexibility index (Phi) is 6.59. The van der Waals surface area contributed by atoms with Crippen LogP contribution in [-0.4, -0.2) is 41.9 Å². The van der Waals surface area contributed by atoms with Crippen molar-refractivity contribution in [3.05, 3.63) is 68.6 Å². The summed E-state index contributed by atoms with van der Waals surface area (Å²) in [5.41, 5.74) is 0.667. The molecule has 0 aliphatic carbocycles. The molecule has 1 aliphatic rings. The second-order valence-electron chi connectivity index (χ2n) is 7.04. The molecule has 1 fully saturated rings. The zero-order valence-electron chi connectivity index (χ0n) is 16.2. The van der Waals surface area contributed by atoms with E-state index in [-0.39, 0.29) is 33.3 Å². The predicted octanol–water partition coefficient (Wildman–Crippen LogP) is 4.67. The number of anilines is 1. The van der Waals surface area contributed by atoms with E-state index in [9.17, 15) is 13.2 Å². The van der Waals surface area contributed by atoms with Gasteiger partial charge in [-0.1, -0.05) is 52.7 Å². The van der Waals surface area contributed by atoms with Crippen LogP contribution in [0.25, 0.3) is 0 Å². The molecule has 11 heteroatoms. The van der Waals surface area contributed by atoms with E-state index in [2.05, 4.69) is 15.5 Å². The van der Waals surface area contributed by atoms with Crippen molar-refractivity contribution in [1.29, 1.82) is 0 Å². The van der Waals surface area contributed by atoms with Gasteiger partial charge in [-0.3, -0.25) is 4.79 Å². The molecule has 2 heterocycles. The minimum Gasteiger partial charge on any atom is -0.320 e. The lowest BCUT2D eigenvalue weighted by molar-refractivity contribution is 0.102. The van der Waals surface area contributed by atoms with Crippen molar-refractivity contribution in [2.45, 2.75) is 23.7 Å². The molecule has 1 aliphatic heterocycles. The highest BCUT2D eigenvalue weighted by atomic mass is 35.5. The Morgan fingerprint density at radius 1 is 1.10 bits per heavy atom. The molecule has 3 aromatic rings. The summed E-state index contributed by atoms with van der Waals surface area (Å²) < 4.78 is 27.6. The molecule has 1 aromatic heterocycles. The number of piperidine rings is 1. The molecule has 162 valence electrons. The van der Waals surface area contributed by atoms with Gasteiger partial charge in [-0.05, 0) is 43.2 Å². The first kappa shape index (κ1) is 22.2. The Labute approximate surface area is 194 Å². The van der Waals surface area contributed by atoms with Crippen LogP contribution in [0.3, 0.4) is 0 Å². The summed E-state index contributed by atoms with van der Waals surface area (Å²) in [6.07, 6.45) is 1.44. The first-order chi connectivity index (χ1) is 14.8. The molecular formula is C20H18Cl2N4O3S2. The normalized spacial score (nSPS) is 17.4. The van der Waals surface area contributed by atoms with Crippen molar-refractivity contribution in [2.24, 2.45) is 0 Å². The Morgan fingerprint density at radius 3 is 2.61 bits per heavy atom. The van der Waals surface area contributed by atoms with E-state index in [4.69, 9.17) is 23.2 Å². The average Bonchev–Trinajstić information content (AvgIpc) is 3.27. The van der Waals surface area contributed by atoms with Gasteiger partial charge in [0, 0.05) is 24.7 Å². The highest BCUT2D eigenvalue weighted by Gasteiger charge is 2.33. The lowest BCUT2D eigenvalue weighted by atomic mass is 10.0. The van der Waals surface area contributed by atoms with Crippen molar-refractivity contribution in [3.8, 4) is 0 Å². The fourth-order valence-electron chi connectivity index (χ4n) is 3.35. The molecule has 0 unspecified atom stereocenters. The summed E-state index contributed by atoms with van der Waals surface area (Å²) in [4.78, 5) is 12.5. The number of carbonyl (C=O) groups excluding carboxylic acids is 1. The number of rotatable bonds is 5. The molecule has 1 amide bonds. The molecule has 0 bridgehead atoms. The lowest BCUT2D eigenvalue weighted by Crippen LogP contribution is -2.39. The number of para-hydroxylation sites is 1. The number of hydrogen-bond donors (Lipinski definition) is 1. The number of carbonyl (C=O) groups is 1. The number of nitrogens with zero attached hydrogens (tertiary/aromatic N) is 3. The summed E-state index contributed by atoms with van der Waals surface area (Å²) in [5, 5.41) is 12.3. The van der Waals surface area contributed by atoms with Crippen LogP contribution in [0.15, 0.2) is 53.4 Å². The average molecular weight is 497 g/mol. The molecule has 1 saturated heterocycles. The second kappa shape index (κ2) is 9.22. The van der Waals surface area contributed by atoms with Crippen LogP contribution in [0.5, 0.6) is 0 Å². The van der Waals surface area contributed by atoms with Gasteiger partial charge in [0.05, 0.1) is 14.9 Å². The van der Waals surface area contributed by atoms with Gasteiger partial charge in [-0.2, -0.15) is 4.31 Å². The van der Waals surface area contributed by atoms with Crippen LogP contribution in [0.4, 0.5) is 5.69 Å². The van der Waals surface area contributed by atoms with Gasteiger partial charge in [-0.15, -0.1) is 10.2 Å². The van der Waals surface area contributed by atoms with Crippen LogP contribution < -0.4 is 5.32 Å². The van der Waals surface area contributed by atoms with Gasteiger partial charge in [0.2, 0.25) is 15.0 Å². The molecule has 7 nitrogen and oxygen atoms in total. The van der Waals surface area contributed by atoms with E-state index in [1.165, 1.54) is 33.8 Å². The van der Waals surface area contributed by atoms with Gasteiger partial charge >= 0.3 is 0 Å². The molecule has 0 saturated carbocycles. The summed E-state index contributed by atoms with van der Waals surface area (Å²) in [7, 11) is -3.73. The first-order valence-corrected chi connectivity index (χ1v) is 12.5. The molecule has 31 heavy (non-hydrogen) atoms. The maximum atomic E-state index is 13.1. The summed E-state index contributed by atoms with van der Waals surface area (Å²) in [6.45, 7) is 0.663. The Balaban J connectivity index is 1.49. The number of amides is 1. The molecular weight excluding hydrogens is 479 g/mol. The SMILES string of the molecule is O=C(Nc1ccccc1)c1nnc([C@@H]2CCCN(S(=O)(=O)c3ccc(Cl)c(Cl)c3)C2)s1.